The van der Waals surface area contributed by atoms with E-state index in [1.165, 1.54) is 0 Å². The molecule has 1 aliphatic heterocycles. The quantitative estimate of drug-likeness (QED) is 0.384. The largest absolute Gasteiger partial charge is 0.322 e. The van der Waals surface area contributed by atoms with E-state index in [0.29, 0.717) is 0 Å². The van der Waals surface area contributed by atoms with Crippen LogP contribution in [-0.2, 0) is 4.52 Å². The lowest BCUT2D eigenvalue weighted by Crippen LogP contribution is -1.89. The van der Waals surface area contributed by atoms with Crippen molar-refractivity contribution >= 4 is 14.2 Å². The van der Waals surface area contributed by atoms with Crippen LogP contribution in [0.25, 0.3) is 0 Å². The minimum Gasteiger partial charge on any atom is -0.322 e. The normalized spacial score (nSPS) is 24.0. The van der Waals surface area contributed by atoms with E-state index in [9.17, 15) is 0 Å². The van der Waals surface area contributed by atoms with E-state index in [-0.39, 0.29) is 0 Å². The molecule has 0 saturated carbocycles. The molecule has 0 bridgehead atoms. The zero-order valence-electron chi connectivity index (χ0n) is 2.14. The van der Waals surface area contributed by atoms with Crippen LogP contribution in [0.2, 0.25) is 0 Å². The molecule has 1 aliphatic rings. The monoisotopic (exact) mass is 74.0 g/mol. The van der Waals surface area contributed by atoms with Crippen molar-refractivity contribution in [3.63, 3.8) is 0 Å². The lowest BCUT2D eigenvalue weighted by molar-refractivity contribution is 0.430. The Bertz CT molecular complexity index is 35.3. The first-order valence-corrected chi connectivity index (χ1v) is 2.02. The van der Waals surface area contributed by atoms with Crippen molar-refractivity contribution in [2.45, 2.75) is 0 Å². The second-order valence-corrected chi connectivity index (χ2v) is 1.42. The molecule has 0 aromatic carbocycles. The molecule has 0 aromatic heterocycles. The summed E-state index contributed by atoms with van der Waals surface area (Å²) < 4.78 is 4.64. The summed E-state index contributed by atoms with van der Waals surface area (Å²) in [6, 6.07) is 0. The summed E-state index contributed by atoms with van der Waals surface area (Å²) in [5.74, 6) is 2.06. The molecule has 0 fully saturated rings. The first-order chi connectivity index (χ1) is 2.00. The average molecular weight is 74.0 g/mol. The van der Waals surface area contributed by atoms with Gasteiger partial charge in [0, 0.05) is 0 Å². The summed E-state index contributed by atoms with van der Waals surface area (Å²) in [5, 5.41) is 0. The standard InChI is InChI=1S/C2H3OP/c1-2-4-3-1/h2H,1H2. The summed E-state index contributed by atoms with van der Waals surface area (Å²) in [6.45, 7) is 0.863. The third kappa shape index (κ3) is 0.159. The van der Waals surface area contributed by atoms with Gasteiger partial charge in [-0.3, -0.25) is 0 Å². The molecule has 2 heteroatoms. The molecule has 1 rings (SSSR count). The zero-order valence-corrected chi connectivity index (χ0v) is 3.03. The van der Waals surface area contributed by atoms with Gasteiger partial charge in [-0.1, -0.05) is 0 Å². The van der Waals surface area contributed by atoms with Crippen molar-refractivity contribution in [1.29, 1.82) is 0 Å². The first kappa shape index (κ1) is 2.37. The van der Waals surface area contributed by atoms with Crippen molar-refractivity contribution in [3.05, 3.63) is 0 Å². The van der Waals surface area contributed by atoms with Crippen LogP contribution in [0.3, 0.4) is 0 Å². The number of rotatable bonds is 0. The van der Waals surface area contributed by atoms with Gasteiger partial charge in [-0.2, -0.15) is 0 Å². The topological polar surface area (TPSA) is 9.23 Å². The van der Waals surface area contributed by atoms with Crippen LogP contribution < -0.4 is 0 Å². The lowest BCUT2D eigenvalue weighted by Gasteiger charge is -1.93. The molecule has 4 heavy (non-hydrogen) atoms. The summed E-state index contributed by atoms with van der Waals surface area (Å²) in [4.78, 5) is 0. The van der Waals surface area contributed by atoms with E-state index in [1.54, 1.807) is 0 Å². The highest BCUT2D eigenvalue weighted by Gasteiger charge is 1.82. The highest BCUT2D eigenvalue weighted by atomic mass is 31.1. The van der Waals surface area contributed by atoms with Gasteiger partial charge in [0.05, 0.1) is 15.0 Å². The molecule has 1 nitrogen and oxygen atoms in total. The maximum Gasteiger partial charge on any atom is 0.0820 e. The Morgan fingerprint density at radius 1 is 2.00 bits per heavy atom. The van der Waals surface area contributed by atoms with E-state index in [0.717, 1.165) is 15.0 Å². The van der Waals surface area contributed by atoms with Crippen molar-refractivity contribution < 1.29 is 4.52 Å². The van der Waals surface area contributed by atoms with Gasteiger partial charge < -0.3 is 4.52 Å². The maximum absolute atomic E-state index is 4.64. The fraction of sp³-hybridized carbons (Fsp3) is 0.500. The van der Waals surface area contributed by atoms with Crippen molar-refractivity contribution in [2.75, 3.05) is 6.61 Å². The summed E-state index contributed by atoms with van der Waals surface area (Å²) >= 11 is 0. The van der Waals surface area contributed by atoms with Crippen LogP contribution in [-0.4, -0.2) is 12.4 Å². The lowest BCUT2D eigenvalue weighted by atomic mass is 10.9. The summed E-state index contributed by atoms with van der Waals surface area (Å²) in [5.41, 5.74) is 0. The minimum atomic E-state index is 0.863. The van der Waals surface area contributed by atoms with Gasteiger partial charge >= 0.3 is 0 Å². The molecule has 0 aliphatic carbocycles. The van der Waals surface area contributed by atoms with Gasteiger partial charge in [-0.25, -0.2) is 0 Å². The Morgan fingerprint density at radius 2 is 2.25 bits per heavy atom. The minimum absolute atomic E-state index is 0.863. The highest BCUT2D eigenvalue weighted by molar-refractivity contribution is 7.35. The molecule has 0 saturated heterocycles. The van der Waals surface area contributed by atoms with E-state index < -0.39 is 0 Å². The molecule has 1 heterocycles. The van der Waals surface area contributed by atoms with Crippen LogP contribution in [0.15, 0.2) is 0 Å². The van der Waals surface area contributed by atoms with E-state index in [1.807, 2.05) is 0 Å². The third-order valence-electron chi connectivity index (χ3n) is 0.298. The number of hydrogen-bond donors (Lipinski definition) is 0. The number of hydrogen-bond acceptors (Lipinski definition) is 1. The van der Waals surface area contributed by atoms with E-state index in [2.05, 4.69) is 10.3 Å². The van der Waals surface area contributed by atoms with Crippen LogP contribution in [0.4, 0.5) is 0 Å². The highest BCUT2D eigenvalue weighted by Crippen LogP contribution is 2.03. The Labute approximate surface area is 26.5 Å². The molecule has 22 valence electrons. The Hall–Kier alpha value is 0.130. The van der Waals surface area contributed by atoms with E-state index >= 15 is 0 Å². The van der Waals surface area contributed by atoms with Crippen LogP contribution in [0, 0.1) is 0 Å². The predicted octanol–water partition coefficient (Wildman–Crippen LogP) is 0.680. The Balaban J connectivity index is 2.47. The Kier molecular flexibility index (Phi) is 0.494. The van der Waals surface area contributed by atoms with E-state index in [4.69, 9.17) is 0 Å². The molecular formula is C2H3OP. The zero-order chi connectivity index (χ0) is 2.83. The van der Waals surface area contributed by atoms with Gasteiger partial charge in [-0.05, 0) is 5.80 Å². The van der Waals surface area contributed by atoms with Gasteiger partial charge in [0.1, 0.15) is 0 Å². The van der Waals surface area contributed by atoms with Crippen LogP contribution >= 0.6 is 8.43 Å². The summed E-state index contributed by atoms with van der Waals surface area (Å²) in [6.07, 6.45) is 0. The molecule has 0 amide bonds. The van der Waals surface area contributed by atoms with Gasteiger partial charge in [0.25, 0.3) is 0 Å². The second kappa shape index (κ2) is 0.833. The third-order valence-corrected chi connectivity index (χ3v) is 0.894. The van der Waals surface area contributed by atoms with Gasteiger partial charge in [0.2, 0.25) is 0 Å². The molecule has 0 unspecified atom stereocenters. The SMILES string of the molecule is C1=POC1. The molecule has 0 spiro atoms. The van der Waals surface area contributed by atoms with Crippen LogP contribution in [0.1, 0.15) is 0 Å². The molecule has 0 atom stereocenters. The predicted molar refractivity (Wildman–Crippen MR) is 18.9 cm³/mol. The first-order valence-electron chi connectivity index (χ1n) is 1.14. The fourth-order valence-corrected chi connectivity index (χ4v) is 0.224. The maximum atomic E-state index is 4.64. The van der Waals surface area contributed by atoms with Gasteiger partial charge in [0.15, 0.2) is 0 Å². The Morgan fingerprint density at radius 3 is 2.25 bits per heavy atom. The average Bonchev–Trinajstić information content (AvgIpc) is 0.722. The van der Waals surface area contributed by atoms with Crippen molar-refractivity contribution in [1.82, 2.24) is 0 Å². The fourth-order valence-electron chi connectivity index (χ4n) is 0.0745. The molecule has 0 aromatic rings. The summed E-state index contributed by atoms with van der Waals surface area (Å²) in [7, 11) is 1.05. The van der Waals surface area contributed by atoms with Crippen LogP contribution in [0.5, 0.6) is 0 Å². The molecule has 0 radical (unpaired) electrons. The second-order valence-electron chi connectivity index (χ2n) is 0.584. The van der Waals surface area contributed by atoms with Crippen molar-refractivity contribution in [3.8, 4) is 0 Å². The van der Waals surface area contributed by atoms with Crippen molar-refractivity contribution in [2.24, 2.45) is 0 Å². The molecular weight excluding hydrogens is 71.0 g/mol. The smallest absolute Gasteiger partial charge is 0.0820 e. The van der Waals surface area contributed by atoms with Gasteiger partial charge in [-0.15, -0.1) is 0 Å². The molecule has 0 N–H and O–H groups in total.